The first-order chi connectivity index (χ1) is 11.9. The Balaban J connectivity index is -0.000000192. The molecule has 0 spiro atoms. The molecular weight excluding hydrogens is 502 g/mol. The van der Waals surface area contributed by atoms with E-state index in [1.807, 2.05) is 0 Å². The molecule has 131 valence electrons. The molecule has 0 saturated carbocycles. The van der Waals surface area contributed by atoms with Gasteiger partial charge in [-0.1, -0.05) is 0 Å². The molecule has 0 aromatic rings. The van der Waals surface area contributed by atoms with Crippen LogP contribution >= 0.6 is 0 Å². The van der Waals surface area contributed by atoms with Crippen LogP contribution in [-0.2, 0) is 21.5 Å². The largest absolute Gasteiger partial charge is 1.00 e. The van der Waals surface area contributed by atoms with Crippen LogP contribution in [0.4, 0.5) is 0 Å². The second-order valence-electron chi connectivity index (χ2n) is 3.60. The van der Waals surface area contributed by atoms with E-state index in [2.05, 4.69) is 0 Å². The van der Waals surface area contributed by atoms with Crippen molar-refractivity contribution >= 4 is 0 Å². The molecule has 0 fully saturated rings. The maximum Gasteiger partial charge on any atom is 1.00 e. The molecule has 12 nitrogen and oxygen atoms in total. The van der Waals surface area contributed by atoms with Crippen molar-refractivity contribution in [2.24, 2.45) is 0 Å². The molecule has 0 amide bonds. The van der Waals surface area contributed by atoms with E-state index in [0.717, 1.165) is 59.6 Å². The minimum absolute atomic E-state index is 0. The monoisotopic (exact) mass is 502 g/mol. The summed E-state index contributed by atoms with van der Waals surface area (Å²) in [5.74, 6) is 0. The van der Waals surface area contributed by atoms with Gasteiger partial charge in [0, 0.05) is 0 Å². The van der Waals surface area contributed by atoms with Crippen molar-refractivity contribution < 1.29 is 124 Å². The summed E-state index contributed by atoms with van der Waals surface area (Å²) >= 11 is 0. The van der Waals surface area contributed by atoms with Gasteiger partial charge in [0.15, 0.2) is 0 Å². The summed E-state index contributed by atoms with van der Waals surface area (Å²) in [4.78, 5) is 12.4. The van der Waals surface area contributed by atoms with Crippen LogP contribution in [0.3, 0.4) is 0 Å². The van der Waals surface area contributed by atoms with E-state index in [-0.39, 0.29) is 103 Å². The molecule has 0 heterocycles. The van der Waals surface area contributed by atoms with Crippen LogP contribution in [0.25, 0.3) is 0 Å². The van der Waals surface area contributed by atoms with Crippen molar-refractivity contribution in [1.82, 2.24) is 0 Å². The molecule has 0 atom stereocenters. The molecule has 0 aliphatic carbocycles. The minimum Gasteiger partial charge on any atom is 1.00 e. The number of hydrogen-bond donors (Lipinski definition) is 0. The summed E-state index contributed by atoms with van der Waals surface area (Å²) in [5, 5.41) is 103. The van der Waals surface area contributed by atoms with Gasteiger partial charge in [-0.05, 0) is 0 Å². The fourth-order valence-electron chi connectivity index (χ4n) is 0.530. The number of rotatable bonds is 0. The van der Waals surface area contributed by atoms with Gasteiger partial charge in [-0.15, -0.1) is 0 Å². The zero-order chi connectivity index (χ0) is 21.3. The normalized spacial score (nSPS) is 12.4. The van der Waals surface area contributed by atoms with Gasteiger partial charge in [0.2, 0.25) is 0 Å². The molecule has 0 aliphatic heterocycles. The van der Waals surface area contributed by atoms with Crippen LogP contribution in [0.15, 0.2) is 0 Å². The van der Waals surface area contributed by atoms with Crippen LogP contribution in [-0.4, -0.2) is 0 Å². The quantitative estimate of drug-likeness (QED) is 0.280. The topological polar surface area (TPSA) is 285 Å². The summed E-state index contributed by atoms with van der Waals surface area (Å²) < 4.78 is 0. The summed E-state index contributed by atoms with van der Waals surface area (Å²) in [6.45, 7) is 0. The predicted molar refractivity (Wildman–Crippen MR) is 67.4 cm³/mol. The summed E-state index contributed by atoms with van der Waals surface area (Å²) in [7, 11) is -12.3. The van der Waals surface area contributed by atoms with Crippen molar-refractivity contribution in [1.29, 1.82) is 63.1 Å². The SMILES string of the molecule is N#[C][Fe-3]([C]#N)([C]#N)([C]#N)([C]#N)[C]#N.N#[C][Fe-4]([C]#N)([C]#N)([C]#N)([C]#N)[C]#N.[K+].[K+]. The van der Waals surface area contributed by atoms with E-state index < -0.39 is 21.5 Å². The van der Waals surface area contributed by atoms with Gasteiger partial charge in [-0.3, -0.25) is 0 Å². The molecule has 16 heteroatoms. The van der Waals surface area contributed by atoms with Gasteiger partial charge in [0.1, 0.15) is 0 Å². The molecular formula is C12Fe2K2N12-5. The Kier molecular flexibility index (Phi) is 11.0. The fourth-order valence-corrected chi connectivity index (χ4v) is 2.19. The van der Waals surface area contributed by atoms with E-state index in [0.29, 0.717) is 0 Å². The molecule has 0 unspecified atom stereocenters. The molecule has 28 heavy (non-hydrogen) atoms. The van der Waals surface area contributed by atoms with Gasteiger partial charge in [0.25, 0.3) is 0 Å². The van der Waals surface area contributed by atoms with Crippen LogP contribution in [0.2, 0.25) is 0 Å². The second-order valence-corrected chi connectivity index (χ2v) is 14.8. The Morgan fingerprint density at radius 1 is 0.357 bits per heavy atom. The Hall–Kier alpha value is -1.81. The first-order valence-electron chi connectivity index (χ1n) is 4.80. The summed E-state index contributed by atoms with van der Waals surface area (Å²) in [6.07, 6.45) is 0. The van der Waals surface area contributed by atoms with Crippen molar-refractivity contribution in [2.45, 2.75) is 0 Å². The number of nitrogens with zero attached hydrogens (tertiary/aromatic N) is 12. The maximum atomic E-state index is 8.58. The molecule has 0 rings (SSSR count). The second kappa shape index (κ2) is 9.13. The van der Waals surface area contributed by atoms with Gasteiger partial charge in [-0.25, -0.2) is 0 Å². The van der Waals surface area contributed by atoms with Crippen molar-refractivity contribution in [2.75, 3.05) is 0 Å². The third-order valence-electron chi connectivity index (χ3n) is 2.37. The van der Waals surface area contributed by atoms with Crippen LogP contribution in [0.5, 0.6) is 0 Å². The molecule has 0 radical (unpaired) electrons. The molecule has 0 aliphatic rings. The van der Waals surface area contributed by atoms with Crippen molar-refractivity contribution in [3.63, 3.8) is 0 Å². The first-order valence-corrected chi connectivity index (χ1v) is 11.4. The summed E-state index contributed by atoms with van der Waals surface area (Å²) in [6, 6.07) is 0. The maximum absolute atomic E-state index is 8.58. The third kappa shape index (κ3) is 3.84. The van der Waals surface area contributed by atoms with Crippen LogP contribution in [0, 0.1) is 123 Å². The number of nitriles is 12. The number of hydrogen-bond acceptors (Lipinski definition) is 12. The zero-order valence-electron chi connectivity index (χ0n) is 14.1. The summed E-state index contributed by atoms with van der Waals surface area (Å²) in [5.41, 5.74) is 0. The van der Waals surface area contributed by atoms with Gasteiger partial charge < -0.3 is 0 Å². The van der Waals surface area contributed by atoms with Crippen LogP contribution in [0.1, 0.15) is 0 Å². The Morgan fingerprint density at radius 2 is 0.500 bits per heavy atom. The predicted octanol–water partition coefficient (Wildman–Crippen LogP) is -5.80. The van der Waals surface area contributed by atoms with Gasteiger partial charge in [0.05, 0.1) is 0 Å². The van der Waals surface area contributed by atoms with Crippen LogP contribution < -0.4 is 103 Å². The Bertz CT molecular complexity index is 886. The average Bonchev–Trinajstić information content (AvgIpc) is 2.77. The van der Waals surface area contributed by atoms with Crippen molar-refractivity contribution in [3.8, 4) is 59.6 Å². The molecule has 0 aromatic carbocycles. The first kappa shape index (κ1) is 33.8. The third-order valence-corrected chi connectivity index (χ3v) is 9.78. The Labute approximate surface area is 242 Å². The average molecular weight is 502 g/mol. The standard InChI is InChI=1S/12CN.2Fe.2K/c12*1-2;;;;/q;;;;;;;;;;;;-4;-3;2*+1. The Morgan fingerprint density at radius 3 is 0.500 bits per heavy atom. The van der Waals surface area contributed by atoms with Gasteiger partial charge >= 0.3 is 247 Å². The zero-order valence-corrected chi connectivity index (χ0v) is 22.5. The minimum atomic E-state index is -6.17. The van der Waals surface area contributed by atoms with E-state index in [4.69, 9.17) is 63.1 Å². The molecule has 0 saturated heterocycles. The van der Waals surface area contributed by atoms with Gasteiger partial charge in [-0.2, -0.15) is 0 Å². The molecule has 0 N–H and O–H groups in total. The van der Waals surface area contributed by atoms with E-state index >= 15 is 0 Å². The van der Waals surface area contributed by atoms with E-state index in [9.17, 15) is 0 Å². The smallest absolute Gasteiger partial charge is 1.00 e. The van der Waals surface area contributed by atoms with E-state index in [1.54, 1.807) is 0 Å². The van der Waals surface area contributed by atoms with E-state index in [1.165, 1.54) is 0 Å². The fraction of sp³-hybridized carbons (Fsp3) is 0. The molecule has 0 aromatic heterocycles. The van der Waals surface area contributed by atoms with Crippen molar-refractivity contribution in [3.05, 3.63) is 0 Å². The molecule has 0 bridgehead atoms.